The third-order valence-corrected chi connectivity index (χ3v) is 3.43. The minimum absolute atomic E-state index is 0.0310. The van der Waals surface area contributed by atoms with Crippen molar-refractivity contribution in [2.24, 2.45) is 0 Å². The molecule has 0 aromatic heterocycles. The first-order valence-corrected chi connectivity index (χ1v) is 6.84. The van der Waals surface area contributed by atoms with Gasteiger partial charge in [-0.15, -0.1) is 0 Å². The highest BCUT2D eigenvalue weighted by molar-refractivity contribution is 5.92. The number of hydrogen-bond donors (Lipinski definition) is 0. The van der Waals surface area contributed by atoms with Gasteiger partial charge in [0, 0.05) is 12.6 Å². The van der Waals surface area contributed by atoms with Crippen molar-refractivity contribution in [3.63, 3.8) is 0 Å². The smallest absolute Gasteiger partial charge is 0.246 e. The van der Waals surface area contributed by atoms with E-state index in [1.807, 2.05) is 49.1 Å². The van der Waals surface area contributed by atoms with Gasteiger partial charge < -0.3 is 14.4 Å². The minimum atomic E-state index is 0.0310. The molecule has 0 radical (unpaired) electrons. The van der Waals surface area contributed by atoms with Crippen LogP contribution in [-0.4, -0.2) is 43.2 Å². The molecule has 0 spiro atoms. The van der Waals surface area contributed by atoms with Crippen molar-refractivity contribution in [1.82, 2.24) is 4.90 Å². The van der Waals surface area contributed by atoms with Gasteiger partial charge >= 0.3 is 0 Å². The molecule has 20 heavy (non-hydrogen) atoms. The van der Waals surface area contributed by atoms with Crippen molar-refractivity contribution in [1.29, 1.82) is 0 Å². The summed E-state index contributed by atoms with van der Waals surface area (Å²) in [4.78, 5) is 14.1. The standard InChI is InChI=1S/C16H21NO3/c1-12-11-20-13(2)10-17(12)16(18)9-6-14-4-7-15(19-3)8-5-14/h4-9,12-13H,10-11H2,1-3H3/b9-6+. The van der Waals surface area contributed by atoms with Crippen LogP contribution in [0.5, 0.6) is 5.75 Å². The van der Waals surface area contributed by atoms with E-state index in [1.165, 1.54) is 0 Å². The van der Waals surface area contributed by atoms with Gasteiger partial charge in [0.2, 0.25) is 5.91 Å². The number of carbonyl (C=O) groups excluding carboxylic acids is 1. The van der Waals surface area contributed by atoms with Gasteiger partial charge in [-0.1, -0.05) is 12.1 Å². The van der Waals surface area contributed by atoms with Crippen LogP contribution in [0.3, 0.4) is 0 Å². The molecule has 0 saturated carbocycles. The van der Waals surface area contributed by atoms with E-state index >= 15 is 0 Å². The predicted octanol–water partition coefficient (Wildman–Crippen LogP) is 2.34. The number of rotatable bonds is 3. The summed E-state index contributed by atoms with van der Waals surface area (Å²) in [7, 11) is 1.63. The Morgan fingerprint density at radius 2 is 2.05 bits per heavy atom. The minimum Gasteiger partial charge on any atom is -0.497 e. The average Bonchev–Trinajstić information content (AvgIpc) is 2.47. The van der Waals surface area contributed by atoms with Crippen molar-refractivity contribution in [3.05, 3.63) is 35.9 Å². The maximum atomic E-state index is 12.2. The van der Waals surface area contributed by atoms with E-state index in [9.17, 15) is 4.79 Å². The van der Waals surface area contributed by atoms with Crippen LogP contribution in [0.2, 0.25) is 0 Å². The first-order valence-electron chi connectivity index (χ1n) is 6.84. The lowest BCUT2D eigenvalue weighted by atomic mass is 10.1. The lowest BCUT2D eigenvalue weighted by molar-refractivity contribution is -0.137. The molecule has 4 nitrogen and oxygen atoms in total. The van der Waals surface area contributed by atoms with E-state index in [1.54, 1.807) is 13.2 Å². The Morgan fingerprint density at radius 1 is 1.35 bits per heavy atom. The summed E-state index contributed by atoms with van der Waals surface area (Å²) < 4.78 is 10.6. The van der Waals surface area contributed by atoms with Crippen LogP contribution in [-0.2, 0) is 9.53 Å². The van der Waals surface area contributed by atoms with Gasteiger partial charge in [-0.25, -0.2) is 0 Å². The number of hydrogen-bond acceptors (Lipinski definition) is 3. The van der Waals surface area contributed by atoms with Crippen LogP contribution in [0.1, 0.15) is 19.4 Å². The molecule has 1 aliphatic heterocycles. The molecule has 1 heterocycles. The normalized spacial score (nSPS) is 23.1. The Balaban J connectivity index is 2.00. The van der Waals surface area contributed by atoms with Gasteiger partial charge in [0.1, 0.15) is 5.75 Å². The summed E-state index contributed by atoms with van der Waals surface area (Å²) in [6.07, 6.45) is 3.55. The lowest BCUT2D eigenvalue weighted by Gasteiger charge is -2.36. The molecule has 1 aromatic carbocycles. The molecule has 0 aliphatic carbocycles. The fraction of sp³-hybridized carbons (Fsp3) is 0.438. The van der Waals surface area contributed by atoms with Crippen molar-refractivity contribution in [2.45, 2.75) is 26.0 Å². The molecule has 1 amide bonds. The van der Waals surface area contributed by atoms with E-state index in [2.05, 4.69) is 0 Å². The predicted molar refractivity (Wildman–Crippen MR) is 78.6 cm³/mol. The molecule has 0 N–H and O–H groups in total. The number of amides is 1. The van der Waals surface area contributed by atoms with Gasteiger partial charge in [0.05, 0.1) is 25.9 Å². The second kappa shape index (κ2) is 6.57. The molecule has 108 valence electrons. The van der Waals surface area contributed by atoms with Gasteiger partial charge in [-0.3, -0.25) is 4.79 Å². The second-order valence-corrected chi connectivity index (χ2v) is 5.09. The van der Waals surface area contributed by atoms with E-state index in [0.717, 1.165) is 11.3 Å². The van der Waals surface area contributed by atoms with Crippen LogP contribution >= 0.6 is 0 Å². The van der Waals surface area contributed by atoms with Crippen LogP contribution in [0.15, 0.2) is 30.3 Å². The van der Waals surface area contributed by atoms with E-state index in [4.69, 9.17) is 9.47 Å². The van der Waals surface area contributed by atoms with Crippen LogP contribution in [0, 0.1) is 0 Å². The van der Waals surface area contributed by atoms with Crippen molar-refractivity contribution >= 4 is 12.0 Å². The van der Waals surface area contributed by atoms with Crippen molar-refractivity contribution in [2.75, 3.05) is 20.3 Å². The topological polar surface area (TPSA) is 38.8 Å². The Kier molecular flexibility index (Phi) is 4.79. The zero-order chi connectivity index (χ0) is 14.5. The lowest BCUT2D eigenvalue weighted by Crippen LogP contribution is -2.49. The number of morpholine rings is 1. The number of methoxy groups -OCH3 is 1. The number of carbonyl (C=O) groups is 1. The summed E-state index contributed by atoms with van der Waals surface area (Å²) in [5, 5.41) is 0. The quantitative estimate of drug-likeness (QED) is 0.795. The van der Waals surface area contributed by atoms with Crippen LogP contribution in [0.25, 0.3) is 6.08 Å². The fourth-order valence-electron chi connectivity index (χ4n) is 2.19. The van der Waals surface area contributed by atoms with Crippen LogP contribution in [0.4, 0.5) is 0 Å². The Bertz CT molecular complexity index is 481. The average molecular weight is 275 g/mol. The summed E-state index contributed by atoms with van der Waals surface area (Å²) >= 11 is 0. The van der Waals surface area contributed by atoms with E-state index < -0.39 is 0 Å². The van der Waals surface area contributed by atoms with Gasteiger partial charge in [0.25, 0.3) is 0 Å². The maximum absolute atomic E-state index is 12.2. The molecule has 2 rings (SSSR count). The third-order valence-electron chi connectivity index (χ3n) is 3.43. The summed E-state index contributed by atoms with van der Waals surface area (Å²) in [6.45, 7) is 5.24. The molecule has 1 aromatic rings. The molecule has 2 unspecified atom stereocenters. The summed E-state index contributed by atoms with van der Waals surface area (Å²) in [5.74, 6) is 0.840. The number of benzene rings is 1. The number of nitrogens with zero attached hydrogens (tertiary/aromatic N) is 1. The van der Waals surface area contributed by atoms with Gasteiger partial charge in [-0.2, -0.15) is 0 Å². The largest absolute Gasteiger partial charge is 0.497 e. The Hall–Kier alpha value is -1.81. The van der Waals surface area contributed by atoms with Crippen LogP contribution < -0.4 is 4.74 Å². The highest BCUT2D eigenvalue weighted by Gasteiger charge is 2.25. The molecule has 2 atom stereocenters. The molecular formula is C16H21NO3. The van der Waals surface area contributed by atoms with E-state index in [-0.39, 0.29) is 18.1 Å². The molecule has 4 heteroatoms. The summed E-state index contributed by atoms with van der Waals surface area (Å²) in [5.41, 5.74) is 0.980. The Morgan fingerprint density at radius 3 is 2.70 bits per heavy atom. The third kappa shape index (κ3) is 3.61. The van der Waals surface area contributed by atoms with Crippen molar-refractivity contribution < 1.29 is 14.3 Å². The van der Waals surface area contributed by atoms with Gasteiger partial charge in [0.15, 0.2) is 0 Å². The summed E-state index contributed by atoms with van der Waals surface area (Å²) in [6, 6.07) is 7.73. The highest BCUT2D eigenvalue weighted by Crippen LogP contribution is 2.14. The second-order valence-electron chi connectivity index (χ2n) is 5.09. The SMILES string of the molecule is COc1ccc(/C=C/C(=O)N2CC(C)OCC2C)cc1. The zero-order valence-electron chi connectivity index (χ0n) is 12.2. The monoisotopic (exact) mass is 275 g/mol. The van der Waals surface area contributed by atoms with E-state index in [0.29, 0.717) is 13.2 Å². The molecule has 1 fully saturated rings. The molecule has 1 aliphatic rings. The fourth-order valence-corrected chi connectivity index (χ4v) is 2.19. The van der Waals surface area contributed by atoms with Gasteiger partial charge in [-0.05, 0) is 37.6 Å². The first-order chi connectivity index (χ1) is 9.60. The van der Waals surface area contributed by atoms with Crippen molar-refractivity contribution in [3.8, 4) is 5.75 Å². The highest BCUT2D eigenvalue weighted by atomic mass is 16.5. The molecule has 0 bridgehead atoms. The zero-order valence-corrected chi connectivity index (χ0v) is 12.2. The molecule has 1 saturated heterocycles. The molecular weight excluding hydrogens is 254 g/mol. The number of ether oxygens (including phenoxy) is 2. The maximum Gasteiger partial charge on any atom is 0.246 e. The first kappa shape index (κ1) is 14.6. The Labute approximate surface area is 120 Å².